The van der Waals surface area contributed by atoms with Gasteiger partial charge in [0.2, 0.25) is 0 Å². The standard InChI is InChI=1S/C20H25N3O3S/c1-27(25,26)19-9-7-18(8-10-19)21-20(24)23-15-13-22(14-16-23)12-11-17-5-3-2-4-6-17/h2-10H,11-16H2,1H3,(H,21,24). The summed E-state index contributed by atoms with van der Waals surface area (Å²) in [6.07, 6.45) is 2.18. The minimum absolute atomic E-state index is 0.148. The van der Waals surface area contributed by atoms with Crippen LogP contribution in [0.1, 0.15) is 5.56 Å². The molecule has 0 saturated carbocycles. The summed E-state index contributed by atoms with van der Waals surface area (Å²) in [7, 11) is -3.23. The van der Waals surface area contributed by atoms with E-state index in [0.717, 1.165) is 32.3 Å². The maximum atomic E-state index is 12.4. The molecule has 0 spiro atoms. The number of benzene rings is 2. The van der Waals surface area contributed by atoms with Crippen LogP contribution in [0.15, 0.2) is 59.5 Å². The van der Waals surface area contributed by atoms with Crippen LogP contribution in [0.4, 0.5) is 10.5 Å². The first kappa shape index (κ1) is 19.4. The van der Waals surface area contributed by atoms with Gasteiger partial charge in [-0.3, -0.25) is 4.90 Å². The maximum Gasteiger partial charge on any atom is 0.321 e. The number of carbonyl (C=O) groups is 1. The van der Waals surface area contributed by atoms with E-state index in [1.165, 1.54) is 17.7 Å². The Kier molecular flexibility index (Phi) is 6.13. The van der Waals surface area contributed by atoms with Gasteiger partial charge < -0.3 is 10.2 Å². The number of hydrogen-bond donors (Lipinski definition) is 1. The lowest BCUT2D eigenvalue weighted by Gasteiger charge is -2.34. The van der Waals surface area contributed by atoms with E-state index in [2.05, 4.69) is 34.5 Å². The highest BCUT2D eigenvalue weighted by Gasteiger charge is 2.21. The van der Waals surface area contributed by atoms with Crippen molar-refractivity contribution in [2.24, 2.45) is 0 Å². The summed E-state index contributed by atoms with van der Waals surface area (Å²) in [6.45, 7) is 4.07. The number of nitrogens with one attached hydrogen (secondary N) is 1. The second-order valence-corrected chi connectivity index (χ2v) is 8.81. The zero-order valence-electron chi connectivity index (χ0n) is 15.5. The van der Waals surface area contributed by atoms with Gasteiger partial charge in [-0.25, -0.2) is 13.2 Å². The Labute approximate surface area is 160 Å². The summed E-state index contributed by atoms with van der Waals surface area (Å²) < 4.78 is 23.0. The molecular weight excluding hydrogens is 362 g/mol. The Bertz CT molecular complexity index is 859. The zero-order chi connectivity index (χ0) is 19.3. The van der Waals surface area contributed by atoms with E-state index in [0.29, 0.717) is 18.8 Å². The van der Waals surface area contributed by atoms with Gasteiger partial charge in [0.05, 0.1) is 4.90 Å². The van der Waals surface area contributed by atoms with Crippen molar-refractivity contribution in [3.05, 3.63) is 60.2 Å². The van der Waals surface area contributed by atoms with Crippen LogP contribution in [0.2, 0.25) is 0 Å². The van der Waals surface area contributed by atoms with E-state index < -0.39 is 9.84 Å². The molecule has 1 N–H and O–H groups in total. The predicted octanol–water partition coefficient (Wildman–Crippen LogP) is 2.48. The molecule has 1 fully saturated rings. The third-order valence-electron chi connectivity index (χ3n) is 4.75. The number of carbonyl (C=O) groups excluding carboxylic acids is 1. The molecule has 1 aliphatic rings. The van der Waals surface area contributed by atoms with E-state index in [1.807, 2.05) is 6.07 Å². The lowest BCUT2D eigenvalue weighted by Crippen LogP contribution is -2.50. The van der Waals surface area contributed by atoms with Crippen LogP contribution in [0.25, 0.3) is 0 Å². The topological polar surface area (TPSA) is 69.7 Å². The lowest BCUT2D eigenvalue weighted by molar-refractivity contribution is 0.148. The van der Waals surface area contributed by atoms with Crippen LogP contribution in [0, 0.1) is 0 Å². The largest absolute Gasteiger partial charge is 0.322 e. The number of urea groups is 1. The summed E-state index contributed by atoms with van der Waals surface area (Å²) in [5, 5.41) is 2.84. The van der Waals surface area contributed by atoms with E-state index in [1.54, 1.807) is 17.0 Å². The van der Waals surface area contributed by atoms with E-state index in [9.17, 15) is 13.2 Å². The highest BCUT2D eigenvalue weighted by molar-refractivity contribution is 7.90. The van der Waals surface area contributed by atoms with Crippen molar-refractivity contribution in [1.82, 2.24) is 9.80 Å². The second kappa shape index (κ2) is 8.54. The van der Waals surface area contributed by atoms with Gasteiger partial charge in [0, 0.05) is 44.7 Å². The molecule has 0 bridgehead atoms. The lowest BCUT2D eigenvalue weighted by atomic mass is 10.1. The first-order chi connectivity index (χ1) is 12.9. The highest BCUT2D eigenvalue weighted by Crippen LogP contribution is 2.15. The van der Waals surface area contributed by atoms with Gasteiger partial charge in [-0.15, -0.1) is 0 Å². The van der Waals surface area contributed by atoms with Crippen LogP contribution in [-0.2, 0) is 16.3 Å². The predicted molar refractivity (Wildman–Crippen MR) is 107 cm³/mol. The molecular formula is C20H25N3O3S. The maximum absolute atomic E-state index is 12.4. The normalized spacial score (nSPS) is 15.5. The van der Waals surface area contributed by atoms with Crippen LogP contribution in [0.5, 0.6) is 0 Å². The number of amides is 2. The smallest absolute Gasteiger partial charge is 0.321 e. The average Bonchev–Trinajstić information content (AvgIpc) is 2.67. The fourth-order valence-corrected chi connectivity index (χ4v) is 3.72. The number of piperazine rings is 1. The molecule has 27 heavy (non-hydrogen) atoms. The van der Waals surface area contributed by atoms with Crippen molar-refractivity contribution >= 4 is 21.6 Å². The van der Waals surface area contributed by atoms with Crippen LogP contribution in [-0.4, -0.2) is 63.2 Å². The molecule has 7 heteroatoms. The van der Waals surface area contributed by atoms with Gasteiger partial charge in [-0.2, -0.15) is 0 Å². The number of sulfone groups is 1. The van der Waals surface area contributed by atoms with Gasteiger partial charge in [0.1, 0.15) is 0 Å². The molecule has 144 valence electrons. The third kappa shape index (κ3) is 5.55. The Balaban J connectivity index is 1.45. The van der Waals surface area contributed by atoms with Crippen LogP contribution < -0.4 is 5.32 Å². The molecule has 1 aliphatic heterocycles. The second-order valence-electron chi connectivity index (χ2n) is 6.79. The SMILES string of the molecule is CS(=O)(=O)c1ccc(NC(=O)N2CCN(CCc3ccccc3)CC2)cc1. The minimum Gasteiger partial charge on any atom is -0.322 e. The first-order valence-corrected chi connectivity index (χ1v) is 10.9. The van der Waals surface area contributed by atoms with E-state index in [-0.39, 0.29) is 10.9 Å². The molecule has 1 heterocycles. The summed E-state index contributed by atoms with van der Waals surface area (Å²) in [4.78, 5) is 16.8. The molecule has 2 aromatic carbocycles. The fourth-order valence-electron chi connectivity index (χ4n) is 3.09. The van der Waals surface area contributed by atoms with E-state index in [4.69, 9.17) is 0 Å². The molecule has 1 saturated heterocycles. The monoisotopic (exact) mass is 387 g/mol. The van der Waals surface area contributed by atoms with Crippen molar-refractivity contribution < 1.29 is 13.2 Å². The number of hydrogen-bond acceptors (Lipinski definition) is 4. The summed E-state index contributed by atoms with van der Waals surface area (Å²) >= 11 is 0. The first-order valence-electron chi connectivity index (χ1n) is 9.04. The molecule has 0 aliphatic carbocycles. The summed E-state index contributed by atoms with van der Waals surface area (Å²) in [6, 6.07) is 16.5. The van der Waals surface area contributed by atoms with E-state index >= 15 is 0 Å². The third-order valence-corrected chi connectivity index (χ3v) is 5.88. The van der Waals surface area contributed by atoms with Gasteiger partial charge in [0.25, 0.3) is 0 Å². The highest BCUT2D eigenvalue weighted by atomic mass is 32.2. The average molecular weight is 388 g/mol. The van der Waals surface area contributed by atoms with Crippen molar-refractivity contribution in [3.8, 4) is 0 Å². The zero-order valence-corrected chi connectivity index (χ0v) is 16.3. The van der Waals surface area contributed by atoms with Crippen molar-refractivity contribution in [3.63, 3.8) is 0 Å². The fraction of sp³-hybridized carbons (Fsp3) is 0.350. The van der Waals surface area contributed by atoms with Gasteiger partial charge in [0.15, 0.2) is 9.84 Å². The molecule has 0 aromatic heterocycles. The molecule has 3 rings (SSSR count). The Morgan fingerprint density at radius 2 is 1.59 bits per heavy atom. The minimum atomic E-state index is -3.23. The molecule has 0 atom stereocenters. The Morgan fingerprint density at radius 1 is 0.963 bits per heavy atom. The van der Waals surface area contributed by atoms with Crippen molar-refractivity contribution in [1.29, 1.82) is 0 Å². The van der Waals surface area contributed by atoms with Gasteiger partial charge in [-0.05, 0) is 36.2 Å². The van der Waals surface area contributed by atoms with Gasteiger partial charge >= 0.3 is 6.03 Å². The van der Waals surface area contributed by atoms with Gasteiger partial charge in [-0.1, -0.05) is 30.3 Å². The molecule has 6 nitrogen and oxygen atoms in total. The quantitative estimate of drug-likeness (QED) is 0.856. The summed E-state index contributed by atoms with van der Waals surface area (Å²) in [5.41, 5.74) is 1.93. The Morgan fingerprint density at radius 3 is 2.19 bits per heavy atom. The summed E-state index contributed by atoms with van der Waals surface area (Å²) in [5.74, 6) is 0. The molecule has 2 amide bonds. The molecule has 0 unspecified atom stereocenters. The molecule has 2 aromatic rings. The number of nitrogens with zero attached hydrogens (tertiary/aromatic N) is 2. The van der Waals surface area contributed by atoms with Crippen molar-refractivity contribution in [2.45, 2.75) is 11.3 Å². The van der Waals surface area contributed by atoms with Crippen LogP contribution >= 0.6 is 0 Å². The van der Waals surface area contributed by atoms with Crippen LogP contribution in [0.3, 0.4) is 0 Å². The number of rotatable bonds is 5. The molecule has 0 radical (unpaired) electrons. The van der Waals surface area contributed by atoms with Crippen molar-refractivity contribution in [2.75, 3.05) is 44.3 Å². The Hall–Kier alpha value is -2.38. The number of anilines is 1.